The number of aryl methyl sites for hydroxylation is 1. The topological polar surface area (TPSA) is 50.2 Å². The molecule has 1 aliphatic carbocycles. The molecule has 5 heteroatoms. The number of allylic oxidation sites excluding steroid dienone is 2. The van der Waals surface area contributed by atoms with Crippen LogP contribution in [-0.4, -0.2) is 40.2 Å². The summed E-state index contributed by atoms with van der Waals surface area (Å²) in [7, 11) is 0. The van der Waals surface area contributed by atoms with Crippen molar-refractivity contribution in [3.05, 3.63) is 60.3 Å². The second-order valence-electron chi connectivity index (χ2n) is 8.73. The summed E-state index contributed by atoms with van der Waals surface area (Å²) in [6.45, 7) is 3.46. The summed E-state index contributed by atoms with van der Waals surface area (Å²) in [4.78, 5) is 15.1. The van der Waals surface area contributed by atoms with E-state index in [4.69, 9.17) is 0 Å². The summed E-state index contributed by atoms with van der Waals surface area (Å²) in [6.07, 6.45) is 14.8. The molecule has 2 aromatic rings. The number of aromatic nitrogens is 2. The number of piperidine rings is 1. The molecule has 1 N–H and O–H groups in total. The molecule has 5 nitrogen and oxygen atoms in total. The van der Waals surface area contributed by atoms with Crippen molar-refractivity contribution in [2.75, 3.05) is 25.0 Å². The van der Waals surface area contributed by atoms with Crippen molar-refractivity contribution in [3.63, 3.8) is 0 Å². The van der Waals surface area contributed by atoms with Crippen molar-refractivity contribution in [2.24, 2.45) is 5.92 Å². The van der Waals surface area contributed by atoms with Crippen LogP contribution in [-0.2, 0) is 11.2 Å². The van der Waals surface area contributed by atoms with Crippen LogP contribution in [0.2, 0.25) is 0 Å². The number of nitrogens with one attached hydrogen (secondary N) is 1. The van der Waals surface area contributed by atoms with Gasteiger partial charge in [0.05, 0.1) is 12.2 Å². The number of benzene rings is 1. The van der Waals surface area contributed by atoms with E-state index < -0.39 is 0 Å². The first kappa shape index (κ1) is 20.9. The normalized spacial score (nSPS) is 20.3. The molecule has 2 aliphatic rings. The molecule has 1 aromatic heterocycles. The Kier molecular flexibility index (Phi) is 7.35. The molecule has 1 aliphatic heterocycles. The molecular formula is C25H34N4O. The zero-order valence-corrected chi connectivity index (χ0v) is 17.9. The highest BCUT2D eigenvalue weighted by Gasteiger charge is 2.24. The van der Waals surface area contributed by atoms with Crippen molar-refractivity contribution >= 4 is 11.7 Å². The predicted octanol–water partition coefficient (Wildman–Crippen LogP) is 4.84. The van der Waals surface area contributed by atoms with E-state index >= 15 is 0 Å². The largest absolute Gasteiger partial charge is 0.311 e. The molecule has 1 aromatic carbocycles. The van der Waals surface area contributed by atoms with Crippen LogP contribution in [0.1, 0.15) is 56.6 Å². The van der Waals surface area contributed by atoms with Crippen molar-refractivity contribution < 1.29 is 4.79 Å². The fraction of sp³-hybridized carbons (Fsp3) is 0.520. The quantitative estimate of drug-likeness (QED) is 0.638. The molecule has 160 valence electrons. The SMILES string of the molecule is O=C(CCCc1ccccc1)Nc1ccnn1C1CCN(C[C@@H]2CC=CCC2)CC1. The summed E-state index contributed by atoms with van der Waals surface area (Å²) < 4.78 is 2.04. The Hall–Kier alpha value is -2.40. The number of hydrogen-bond acceptors (Lipinski definition) is 3. The van der Waals surface area contributed by atoms with Gasteiger partial charge in [-0.25, -0.2) is 4.68 Å². The van der Waals surface area contributed by atoms with Crippen molar-refractivity contribution in [1.82, 2.24) is 14.7 Å². The Bertz CT molecular complexity index is 821. The molecule has 30 heavy (non-hydrogen) atoms. The fourth-order valence-electron chi connectivity index (χ4n) is 4.74. The van der Waals surface area contributed by atoms with Gasteiger partial charge in [-0.15, -0.1) is 0 Å². The van der Waals surface area contributed by atoms with Crippen molar-refractivity contribution in [3.8, 4) is 0 Å². The number of carbonyl (C=O) groups excluding carboxylic acids is 1. The van der Waals surface area contributed by atoms with Crippen LogP contribution in [0, 0.1) is 5.92 Å². The monoisotopic (exact) mass is 406 g/mol. The van der Waals surface area contributed by atoms with E-state index in [0.29, 0.717) is 12.5 Å². The average Bonchev–Trinajstić information content (AvgIpc) is 3.24. The van der Waals surface area contributed by atoms with Crippen LogP contribution in [0.5, 0.6) is 0 Å². The number of carbonyl (C=O) groups is 1. The Morgan fingerprint density at radius 1 is 1.07 bits per heavy atom. The summed E-state index contributed by atoms with van der Waals surface area (Å²) in [5.41, 5.74) is 1.28. The van der Waals surface area contributed by atoms with E-state index in [1.807, 2.05) is 28.9 Å². The number of amides is 1. The Morgan fingerprint density at radius 2 is 1.90 bits per heavy atom. The molecule has 0 spiro atoms. The smallest absolute Gasteiger partial charge is 0.225 e. The zero-order chi connectivity index (χ0) is 20.6. The second-order valence-corrected chi connectivity index (χ2v) is 8.73. The van der Waals surface area contributed by atoms with Gasteiger partial charge in [0.1, 0.15) is 5.82 Å². The molecule has 1 saturated heterocycles. The van der Waals surface area contributed by atoms with Gasteiger partial charge < -0.3 is 10.2 Å². The maximum absolute atomic E-state index is 12.4. The first-order valence-corrected chi connectivity index (χ1v) is 11.5. The second kappa shape index (κ2) is 10.6. The Morgan fingerprint density at radius 3 is 2.67 bits per heavy atom. The van der Waals surface area contributed by atoms with Gasteiger partial charge in [0.15, 0.2) is 0 Å². The lowest BCUT2D eigenvalue weighted by Crippen LogP contribution is -2.38. The third-order valence-corrected chi connectivity index (χ3v) is 6.45. The maximum Gasteiger partial charge on any atom is 0.225 e. The lowest BCUT2D eigenvalue weighted by Gasteiger charge is -2.35. The standard InChI is InChI=1S/C25H34N4O/c30-25(13-7-12-21-8-3-1-4-9-21)27-24-14-17-26-29(24)23-15-18-28(19-16-23)20-22-10-5-2-6-11-22/h1-5,8-9,14,17,22-23H,6-7,10-13,15-16,18-20H2,(H,27,30)/t22-/m1/s1. The third kappa shape index (κ3) is 5.82. The first-order valence-electron chi connectivity index (χ1n) is 11.5. The van der Waals surface area contributed by atoms with E-state index in [1.165, 1.54) is 31.4 Å². The highest BCUT2D eigenvalue weighted by atomic mass is 16.1. The molecule has 1 fully saturated rings. The molecule has 0 unspecified atom stereocenters. The van der Waals surface area contributed by atoms with Gasteiger partial charge in [0.25, 0.3) is 0 Å². The van der Waals surface area contributed by atoms with Crippen molar-refractivity contribution in [2.45, 2.75) is 57.4 Å². The van der Waals surface area contributed by atoms with E-state index in [2.05, 4.69) is 39.6 Å². The lowest BCUT2D eigenvalue weighted by molar-refractivity contribution is -0.116. The molecular weight excluding hydrogens is 372 g/mol. The fourth-order valence-corrected chi connectivity index (χ4v) is 4.74. The minimum Gasteiger partial charge on any atom is -0.311 e. The molecule has 0 saturated carbocycles. The summed E-state index contributed by atoms with van der Waals surface area (Å²) >= 11 is 0. The van der Waals surface area contributed by atoms with E-state index in [1.54, 1.807) is 6.20 Å². The van der Waals surface area contributed by atoms with E-state index in [9.17, 15) is 4.79 Å². The minimum absolute atomic E-state index is 0.0791. The maximum atomic E-state index is 12.4. The van der Waals surface area contributed by atoms with Crippen LogP contribution in [0.15, 0.2) is 54.7 Å². The molecule has 2 heterocycles. The number of likely N-dealkylation sites (tertiary alicyclic amines) is 1. The van der Waals surface area contributed by atoms with Gasteiger partial charge in [-0.2, -0.15) is 5.10 Å². The lowest BCUT2D eigenvalue weighted by atomic mass is 9.93. The number of anilines is 1. The summed E-state index contributed by atoms with van der Waals surface area (Å²) in [5, 5.41) is 7.63. The summed E-state index contributed by atoms with van der Waals surface area (Å²) in [5.74, 6) is 1.74. The van der Waals surface area contributed by atoms with Gasteiger partial charge >= 0.3 is 0 Å². The number of nitrogens with zero attached hydrogens (tertiary/aromatic N) is 3. The van der Waals surface area contributed by atoms with E-state index in [0.717, 1.165) is 50.5 Å². The number of hydrogen-bond donors (Lipinski definition) is 1. The molecule has 1 amide bonds. The average molecular weight is 407 g/mol. The van der Waals surface area contributed by atoms with Gasteiger partial charge in [0, 0.05) is 32.1 Å². The molecule has 0 bridgehead atoms. The van der Waals surface area contributed by atoms with Gasteiger partial charge in [-0.1, -0.05) is 42.5 Å². The molecule has 0 radical (unpaired) electrons. The van der Waals surface area contributed by atoms with Gasteiger partial charge in [-0.05, 0) is 56.4 Å². The van der Waals surface area contributed by atoms with Crippen LogP contribution in [0.4, 0.5) is 5.82 Å². The van der Waals surface area contributed by atoms with Gasteiger partial charge in [-0.3, -0.25) is 4.79 Å². The van der Waals surface area contributed by atoms with Crippen LogP contribution >= 0.6 is 0 Å². The van der Waals surface area contributed by atoms with Crippen LogP contribution in [0.3, 0.4) is 0 Å². The highest BCUT2D eigenvalue weighted by molar-refractivity contribution is 5.89. The van der Waals surface area contributed by atoms with Gasteiger partial charge in [0.2, 0.25) is 5.91 Å². The molecule has 1 atom stereocenters. The Balaban J connectivity index is 1.22. The third-order valence-electron chi connectivity index (χ3n) is 6.45. The van der Waals surface area contributed by atoms with Crippen LogP contribution in [0.25, 0.3) is 0 Å². The minimum atomic E-state index is 0.0791. The zero-order valence-electron chi connectivity index (χ0n) is 17.9. The summed E-state index contributed by atoms with van der Waals surface area (Å²) in [6, 6.07) is 12.7. The van der Waals surface area contributed by atoms with Crippen LogP contribution < -0.4 is 5.32 Å². The predicted molar refractivity (Wildman–Crippen MR) is 121 cm³/mol. The van der Waals surface area contributed by atoms with Crippen molar-refractivity contribution in [1.29, 1.82) is 0 Å². The van der Waals surface area contributed by atoms with E-state index in [-0.39, 0.29) is 5.91 Å². The highest BCUT2D eigenvalue weighted by Crippen LogP contribution is 2.27. The number of rotatable bonds is 8. The first-order chi connectivity index (χ1) is 14.8. The molecule has 4 rings (SSSR count). The Labute approximate surface area is 180 Å².